The molecule has 1 aliphatic rings. The number of ether oxygens (including phenoxy) is 2. The first-order chi connectivity index (χ1) is 14.2. The van der Waals surface area contributed by atoms with E-state index in [9.17, 15) is 4.79 Å². The van der Waals surface area contributed by atoms with Gasteiger partial charge in [-0.2, -0.15) is 0 Å². The van der Waals surface area contributed by atoms with E-state index in [0.717, 1.165) is 44.0 Å². The minimum Gasteiger partial charge on any atom is -0.494 e. The van der Waals surface area contributed by atoms with Gasteiger partial charge in [-0.25, -0.2) is 4.98 Å². The van der Waals surface area contributed by atoms with Crippen LogP contribution in [0.25, 0.3) is 0 Å². The summed E-state index contributed by atoms with van der Waals surface area (Å²) < 4.78 is 13.3. The Balaban J connectivity index is 1.68. The molecule has 1 aromatic carbocycles. The monoisotopic (exact) mass is 399 g/mol. The lowest BCUT2D eigenvalue weighted by molar-refractivity contribution is -0.141. The molecule has 3 rings (SSSR count). The van der Waals surface area contributed by atoms with Crippen molar-refractivity contribution < 1.29 is 14.3 Å². The van der Waals surface area contributed by atoms with Crippen LogP contribution in [0, 0.1) is 0 Å². The van der Waals surface area contributed by atoms with Crippen LogP contribution in [0.2, 0.25) is 0 Å². The van der Waals surface area contributed by atoms with Crippen LogP contribution in [0.1, 0.15) is 57.4 Å². The molecule has 1 aliphatic heterocycles. The third-order valence-corrected chi connectivity index (χ3v) is 5.41. The summed E-state index contributed by atoms with van der Waals surface area (Å²) in [6.45, 7) is 7.24. The first-order valence-corrected chi connectivity index (χ1v) is 10.8. The van der Waals surface area contributed by atoms with Crippen molar-refractivity contribution in [2.75, 3.05) is 31.2 Å². The third-order valence-electron chi connectivity index (χ3n) is 5.41. The molecule has 1 unspecified atom stereocenters. The second kappa shape index (κ2) is 10.9. The van der Waals surface area contributed by atoms with Crippen LogP contribution in [0.5, 0.6) is 5.75 Å². The summed E-state index contributed by atoms with van der Waals surface area (Å²) in [7, 11) is 0. The number of esters is 1. The van der Waals surface area contributed by atoms with Crippen molar-refractivity contribution in [3.63, 3.8) is 0 Å². The van der Waals surface area contributed by atoms with E-state index in [2.05, 4.69) is 33.5 Å². The van der Waals surface area contributed by atoms with E-state index in [1.807, 2.05) is 25.5 Å². The number of hydrogen-bond acceptors (Lipinski definition) is 5. The van der Waals surface area contributed by atoms with E-state index >= 15 is 0 Å². The molecule has 6 nitrogen and oxygen atoms in total. The van der Waals surface area contributed by atoms with Gasteiger partial charge in [0.2, 0.25) is 0 Å². The van der Waals surface area contributed by atoms with Gasteiger partial charge < -0.3 is 18.9 Å². The van der Waals surface area contributed by atoms with Crippen LogP contribution in [-0.2, 0) is 16.1 Å². The molecule has 0 bridgehead atoms. The highest BCUT2D eigenvalue weighted by atomic mass is 16.5. The molecule has 0 aliphatic carbocycles. The van der Waals surface area contributed by atoms with E-state index in [1.165, 1.54) is 24.8 Å². The SMILES string of the molecule is CCCCCCOc1ccc2c(c1)C(CCn1ccnc1)CN2CC(=O)OCC. The maximum atomic E-state index is 12.1. The molecule has 0 saturated heterocycles. The fourth-order valence-electron chi connectivity index (χ4n) is 3.90. The Labute approximate surface area is 173 Å². The lowest BCUT2D eigenvalue weighted by Gasteiger charge is -2.19. The molecule has 0 N–H and O–H groups in total. The average Bonchev–Trinajstić information content (AvgIpc) is 3.34. The topological polar surface area (TPSA) is 56.6 Å². The first kappa shape index (κ1) is 21.2. The summed E-state index contributed by atoms with van der Waals surface area (Å²) in [5.74, 6) is 1.10. The largest absolute Gasteiger partial charge is 0.494 e. The van der Waals surface area contributed by atoms with Crippen LogP contribution in [0.3, 0.4) is 0 Å². The van der Waals surface area contributed by atoms with E-state index in [-0.39, 0.29) is 5.97 Å². The van der Waals surface area contributed by atoms with E-state index in [4.69, 9.17) is 9.47 Å². The van der Waals surface area contributed by atoms with Crippen molar-refractivity contribution in [1.29, 1.82) is 0 Å². The van der Waals surface area contributed by atoms with Gasteiger partial charge in [0, 0.05) is 37.1 Å². The van der Waals surface area contributed by atoms with Gasteiger partial charge in [-0.1, -0.05) is 26.2 Å². The van der Waals surface area contributed by atoms with Crippen molar-refractivity contribution in [3.05, 3.63) is 42.5 Å². The fourth-order valence-corrected chi connectivity index (χ4v) is 3.90. The first-order valence-electron chi connectivity index (χ1n) is 10.8. The molecule has 6 heteroatoms. The molecule has 2 heterocycles. The Morgan fingerprint density at radius 1 is 1.24 bits per heavy atom. The van der Waals surface area contributed by atoms with E-state index in [0.29, 0.717) is 19.1 Å². The van der Waals surface area contributed by atoms with Crippen molar-refractivity contribution >= 4 is 11.7 Å². The third kappa shape index (κ3) is 5.99. The minimum absolute atomic E-state index is 0.176. The molecule has 1 atom stereocenters. The standard InChI is InChI=1S/C23H33N3O3/c1-3-5-6-7-14-29-20-8-9-22-21(15-20)19(10-12-25-13-11-24-18-25)16-26(22)17-23(27)28-4-2/h8-9,11,13,15,18-19H,3-7,10,12,14,16-17H2,1-2H3. The number of anilines is 1. The fraction of sp³-hybridized carbons (Fsp3) is 0.565. The molecule has 158 valence electrons. The average molecular weight is 400 g/mol. The Kier molecular flexibility index (Phi) is 7.96. The number of hydrogen-bond donors (Lipinski definition) is 0. The number of aryl methyl sites for hydroxylation is 1. The zero-order valence-corrected chi connectivity index (χ0v) is 17.7. The predicted molar refractivity (Wildman–Crippen MR) is 115 cm³/mol. The van der Waals surface area contributed by atoms with Gasteiger partial charge >= 0.3 is 5.97 Å². The van der Waals surface area contributed by atoms with Gasteiger partial charge in [0.05, 0.1) is 19.5 Å². The number of rotatable bonds is 12. The molecular weight excluding hydrogens is 366 g/mol. The lowest BCUT2D eigenvalue weighted by atomic mass is 9.97. The van der Waals surface area contributed by atoms with Gasteiger partial charge in [0.15, 0.2) is 0 Å². The van der Waals surface area contributed by atoms with Gasteiger partial charge in [0.25, 0.3) is 0 Å². The highest BCUT2D eigenvalue weighted by molar-refractivity contribution is 5.78. The second-order valence-corrected chi connectivity index (χ2v) is 7.60. The number of benzene rings is 1. The molecule has 2 aromatic rings. The normalized spacial score (nSPS) is 15.4. The van der Waals surface area contributed by atoms with Crippen molar-refractivity contribution in [2.45, 2.75) is 58.4 Å². The maximum absolute atomic E-state index is 12.1. The zero-order valence-electron chi connectivity index (χ0n) is 17.7. The van der Waals surface area contributed by atoms with Crippen molar-refractivity contribution in [1.82, 2.24) is 9.55 Å². The molecule has 0 fully saturated rings. The molecule has 1 aromatic heterocycles. The van der Waals surface area contributed by atoms with E-state index < -0.39 is 0 Å². The number of carbonyl (C=O) groups excluding carboxylic acids is 1. The Bertz CT molecular complexity index is 761. The summed E-state index contributed by atoms with van der Waals surface area (Å²) in [4.78, 5) is 18.3. The highest BCUT2D eigenvalue weighted by Crippen LogP contribution is 2.40. The van der Waals surface area contributed by atoms with Gasteiger partial charge in [-0.15, -0.1) is 0 Å². The van der Waals surface area contributed by atoms with Crippen LogP contribution >= 0.6 is 0 Å². The van der Waals surface area contributed by atoms with Gasteiger partial charge in [-0.3, -0.25) is 4.79 Å². The summed E-state index contributed by atoms with van der Waals surface area (Å²) in [5.41, 5.74) is 2.38. The minimum atomic E-state index is -0.176. The van der Waals surface area contributed by atoms with Crippen LogP contribution < -0.4 is 9.64 Å². The second-order valence-electron chi connectivity index (χ2n) is 7.60. The number of fused-ring (bicyclic) bond motifs is 1. The van der Waals surface area contributed by atoms with Crippen molar-refractivity contribution in [2.24, 2.45) is 0 Å². The summed E-state index contributed by atoms with van der Waals surface area (Å²) in [6.07, 6.45) is 11.4. The molecule has 0 amide bonds. The van der Waals surface area contributed by atoms with Gasteiger partial charge in [-0.05, 0) is 43.5 Å². The lowest BCUT2D eigenvalue weighted by Crippen LogP contribution is -2.30. The smallest absolute Gasteiger partial charge is 0.325 e. The summed E-state index contributed by atoms with van der Waals surface area (Å²) >= 11 is 0. The number of nitrogens with zero attached hydrogens (tertiary/aromatic N) is 3. The molecule has 0 radical (unpaired) electrons. The van der Waals surface area contributed by atoms with Gasteiger partial charge in [0.1, 0.15) is 12.3 Å². The Morgan fingerprint density at radius 2 is 2.14 bits per heavy atom. The Morgan fingerprint density at radius 3 is 2.90 bits per heavy atom. The zero-order chi connectivity index (χ0) is 20.5. The summed E-state index contributed by atoms with van der Waals surface area (Å²) in [5, 5.41) is 0. The predicted octanol–water partition coefficient (Wildman–Crippen LogP) is 4.40. The van der Waals surface area contributed by atoms with Crippen molar-refractivity contribution in [3.8, 4) is 5.75 Å². The number of imidazole rings is 1. The van der Waals surface area contributed by atoms with E-state index in [1.54, 1.807) is 6.20 Å². The van der Waals surface area contributed by atoms with Crippen LogP contribution in [-0.4, -0.2) is 41.8 Å². The highest BCUT2D eigenvalue weighted by Gasteiger charge is 2.30. The quantitative estimate of drug-likeness (QED) is 0.391. The van der Waals surface area contributed by atoms with Crippen LogP contribution in [0.15, 0.2) is 36.9 Å². The number of aromatic nitrogens is 2. The molecular formula is C23H33N3O3. The Hall–Kier alpha value is -2.50. The molecule has 29 heavy (non-hydrogen) atoms. The van der Waals surface area contributed by atoms with Crippen LogP contribution in [0.4, 0.5) is 5.69 Å². The molecule has 0 saturated carbocycles. The number of unbranched alkanes of at least 4 members (excludes halogenated alkanes) is 3. The summed E-state index contributed by atoms with van der Waals surface area (Å²) in [6, 6.07) is 6.28. The molecule has 0 spiro atoms. The number of carbonyl (C=O) groups is 1. The maximum Gasteiger partial charge on any atom is 0.325 e.